The quantitative estimate of drug-likeness (QED) is 0.728. The zero-order valence-corrected chi connectivity index (χ0v) is 11.7. The van der Waals surface area contributed by atoms with E-state index >= 15 is 0 Å². The van der Waals surface area contributed by atoms with Crippen LogP contribution in [0.3, 0.4) is 0 Å². The van der Waals surface area contributed by atoms with Gasteiger partial charge < -0.3 is 9.84 Å². The molecular formula is C14H20O3S. The lowest BCUT2D eigenvalue weighted by atomic mass is 10.1. The third kappa shape index (κ3) is 5.45. The van der Waals surface area contributed by atoms with Crippen LogP contribution in [0.5, 0.6) is 5.75 Å². The van der Waals surface area contributed by atoms with Crippen molar-refractivity contribution >= 4 is 17.7 Å². The minimum atomic E-state index is -0.725. The number of hydrogen-bond acceptors (Lipinski definition) is 3. The highest BCUT2D eigenvalue weighted by atomic mass is 32.2. The Balaban J connectivity index is 2.59. The van der Waals surface area contributed by atoms with Crippen molar-refractivity contribution in [3.05, 3.63) is 24.3 Å². The van der Waals surface area contributed by atoms with Gasteiger partial charge in [0.25, 0.3) is 0 Å². The number of aliphatic carboxylic acids is 1. The van der Waals surface area contributed by atoms with E-state index in [4.69, 9.17) is 9.84 Å². The number of thioether (sulfide) groups is 1. The molecule has 1 aromatic carbocycles. The molecule has 0 spiro atoms. The van der Waals surface area contributed by atoms with Gasteiger partial charge in [0, 0.05) is 10.1 Å². The van der Waals surface area contributed by atoms with Crippen molar-refractivity contribution < 1.29 is 14.6 Å². The largest absolute Gasteiger partial charge is 0.497 e. The van der Waals surface area contributed by atoms with Crippen LogP contribution >= 0.6 is 11.8 Å². The second kappa shape index (κ2) is 8.03. The molecule has 0 radical (unpaired) electrons. The standard InChI is InChI=1S/C14H20O3S/c1-3-4-5-13(10-14(15)16)18-12-8-6-11(17-2)7-9-12/h6-9,13H,3-5,10H2,1-2H3,(H,15,16). The Morgan fingerprint density at radius 2 is 2.06 bits per heavy atom. The predicted molar refractivity (Wildman–Crippen MR) is 74.4 cm³/mol. The van der Waals surface area contributed by atoms with Crippen LogP contribution in [-0.2, 0) is 4.79 Å². The molecule has 1 atom stereocenters. The first-order chi connectivity index (χ1) is 8.65. The first kappa shape index (κ1) is 14.9. The van der Waals surface area contributed by atoms with Gasteiger partial charge in [-0.1, -0.05) is 19.8 Å². The van der Waals surface area contributed by atoms with Gasteiger partial charge in [0.05, 0.1) is 13.5 Å². The molecule has 1 N–H and O–H groups in total. The lowest BCUT2D eigenvalue weighted by Crippen LogP contribution is -2.09. The summed E-state index contributed by atoms with van der Waals surface area (Å²) in [7, 11) is 1.64. The third-order valence-electron chi connectivity index (χ3n) is 2.64. The van der Waals surface area contributed by atoms with Crippen molar-refractivity contribution in [2.75, 3.05) is 7.11 Å². The first-order valence-corrected chi connectivity index (χ1v) is 7.06. The monoisotopic (exact) mass is 268 g/mol. The number of carbonyl (C=O) groups is 1. The highest BCUT2D eigenvalue weighted by Crippen LogP contribution is 2.30. The second-order valence-electron chi connectivity index (χ2n) is 4.16. The molecule has 0 aliphatic rings. The van der Waals surface area contributed by atoms with Gasteiger partial charge in [-0.05, 0) is 30.7 Å². The normalized spacial score (nSPS) is 12.1. The Morgan fingerprint density at radius 1 is 1.39 bits per heavy atom. The van der Waals surface area contributed by atoms with Crippen LogP contribution in [0.2, 0.25) is 0 Å². The Hall–Kier alpha value is -1.16. The molecule has 0 saturated carbocycles. The van der Waals surface area contributed by atoms with Gasteiger partial charge in [0.2, 0.25) is 0 Å². The SMILES string of the molecule is CCCCC(CC(=O)O)Sc1ccc(OC)cc1. The van der Waals surface area contributed by atoms with Crippen molar-refractivity contribution in [2.45, 2.75) is 42.8 Å². The topological polar surface area (TPSA) is 46.5 Å². The molecule has 1 aromatic rings. The van der Waals surface area contributed by atoms with Crippen LogP contribution in [-0.4, -0.2) is 23.4 Å². The lowest BCUT2D eigenvalue weighted by molar-refractivity contribution is -0.137. The van der Waals surface area contributed by atoms with E-state index in [2.05, 4.69) is 6.92 Å². The number of ether oxygens (including phenoxy) is 1. The molecule has 0 aliphatic heterocycles. The zero-order chi connectivity index (χ0) is 13.4. The van der Waals surface area contributed by atoms with E-state index in [9.17, 15) is 4.79 Å². The van der Waals surface area contributed by atoms with Crippen molar-refractivity contribution in [3.8, 4) is 5.75 Å². The van der Waals surface area contributed by atoms with E-state index in [1.165, 1.54) is 0 Å². The van der Waals surface area contributed by atoms with E-state index in [-0.39, 0.29) is 11.7 Å². The average molecular weight is 268 g/mol. The Labute approximate surface area is 113 Å². The number of carboxylic acids is 1. The van der Waals surface area contributed by atoms with Crippen molar-refractivity contribution in [2.24, 2.45) is 0 Å². The molecule has 1 rings (SSSR count). The molecule has 100 valence electrons. The summed E-state index contributed by atoms with van der Waals surface area (Å²) in [4.78, 5) is 11.9. The van der Waals surface area contributed by atoms with E-state index in [1.807, 2.05) is 24.3 Å². The minimum Gasteiger partial charge on any atom is -0.497 e. The van der Waals surface area contributed by atoms with Crippen molar-refractivity contribution in [1.29, 1.82) is 0 Å². The summed E-state index contributed by atoms with van der Waals surface area (Å²) in [6.07, 6.45) is 3.33. The predicted octanol–water partition coefficient (Wildman–Crippen LogP) is 3.82. The summed E-state index contributed by atoms with van der Waals surface area (Å²) < 4.78 is 5.10. The molecule has 3 nitrogen and oxygen atoms in total. The summed E-state index contributed by atoms with van der Waals surface area (Å²) in [6, 6.07) is 7.76. The molecule has 0 saturated heterocycles. The highest BCUT2D eigenvalue weighted by molar-refractivity contribution is 8.00. The molecule has 0 fully saturated rings. The fourth-order valence-electron chi connectivity index (χ4n) is 1.68. The second-order valence-corrected chi connectivity index (χ2v) is 5.53. The molecule has 0 bridgehead atoms. The van der Waals surface area contributed by atoms with Crippen LogP contribution in [0.4, 0.5) is 0 Å². The van der Waals surface area contributed by atoms with E-state index in [0.29, 0.717) is 0 Å². The van der Waals surface area contributed by atoms with Crippen LogP contribution in [0.25, 0.3) is 0 Å². The van der Waals surface area contributed by atoms with Gasteiger partial charge in [-0.15, -0.1) is 11.8 Å². The summed E-state index contributed by atoms with van der Waals surface area (Å²) in [5.74, 6) is 0.0970. The van der Waals surface area contributed by atoms with Crippen LogP contribution < -0.4 is 4.74 Å². The molecule has 1 unspecified atom stereocenters. The number of unbranched alkanes of at least 4 members (excludes halogenated alkanes) is 1. The number of methoxy groups -OCH3 is 1. The summed E-state index contributed by atoms with van der Waals surface area (Å²) in [5, 5.41) is 9.06. The van der Waals surface area contributed by atoms with Crippen LogP contribution in [0.15, 0.2) is 29.2 Å². The maximum Gasteiger partial charge on any atom is 0.304 e. The maximum absolute atomic E-state index is 10.8. The average Bonchev–Trinajstić information content (AvgIpc) is 2.36. The highest BCUT2D eigenvalue weighted by Gasteiger charge is 2.14. The molecule has 0 amide bonds. The zero-order valence-electron chi connectivity index (χ0n) is 10.9. The number of hydrogen-bond donors (Lipinski definition) is 1. The van der Waals surface area contributed by atoms with Gasteiger partial charge in [0.15, 0.2) is 0 Å². The van der Waals surface area contributed by atoms with E-state index < -0.39 is 5.97 Å². The smallest absolute Gasteiger partial charge is 0.304 e. The lowest BCUT2D eigenvalue weighted by Gasteiger charge is -2.14. The Morgan fingerprint density at radius 3 is 2.56 bits per heavy atom. The van der Waals surface area contributed by atoms with E-state index in [1.54, 1.807) is 18.9 Å². The van der Waals surface area contributed by atoms with Gasteiger partial charge in [-0.3, -0.25) is 4.79 Å². The third-order valence-corrected chi connectivity index (χ3v) is 3.92. The summed E-state index contributed by atoms with van der Waals surface area (Å²) in [5.41, 5.74) is 0. The summed E-state index contributed by atoms with van der Waals surface area (Å²) >= 11 is 1.64. The fourth-order valence-corrected chi connectivity index (χ4v) is 2.86. The van der Waals surface area contributed by atoms with Crippen LogP contribution in [0, 0.1) is 0 Å². The van der Waals surface area contributed by atoms with Gasteiger partial charge in [-0.2, -0.15) is 0 Å². The number of rotatable bonds is 8. The molecule has 0 aliphatic carbocycles. The molecule has 18 heavy (non-hydrogen) atoms. The van der Waals surface area contributed by atoms with Crippen molar-refractivity contribution in [1.82, 2.24) is 0 Å². The van der Waals surface area contributed by atoms with E-state index in [0.717, 1.165) is 29.9 Å². The molecule has 0 heterocycles. The maximum atomic E-state index is 10.8. The fraction of sp³-hybridized carbons (Fsp3) is 0.500. The minimum absolute atomic E-state index is 0.149. The summed E-state index contributed by atoms with van der Waals surface area (Å²) in [6.45, 7) is 2.12. The van der Waals surface area contributed by atoms with Crippen LogP contribution in [0.1, 0.15) is 32.6 Å². The van der Waals surface area contributed by atoms with Gasteiger partial charge >= 0.3 is 5.97 Å². The Bertz CT molecular complexity index is 362. The number of benzene rings is 1. The van der Waals surface area contributed by atoms with Gasteiger partial charge in [-0.25, -0.2) is 0 Å². The first-order valence-electron chi connectivity index (χ1n) is 6.18. The van der Waals surface area contributed by atoms with Gasteiger partial charge in [0.1, 0.15) is 5.75 Å². The van der Waals surface area contributed by atoms with Crippen molar-refractivity contribution in [3.63, 3.8) is 0 Å². The number of carboxylic acid groups (broad SMARTS) is 1. The molecular weight excluding hydrogens is 248 g/mol. The Kier molecular flexibility index (Phi) is 6.65. The molecule has 0 aromatic heterocycles. The molecule has 4 heteroatoms.